The van der Waals surface area contributed by atoms with Crippen molar-refractivity contribution in [2.45, 2.75) is 6.18 Å². The standard InChI is InChI=1S/C51H25F3N4S2/c52-51(53,54)37-15-9-10-28(26-55)46(37)36-25-40(57-38-16-5-1-11-30(38)32-20-22-44-47(49(32)57)34-13-3-7-18-42(34)59-44)29(27-56)24-41(36)58-39-17-6-2-12-31(39)33-21-23-45-48(50(33)58)35-14-4-8-19-43(35)60-45/h1-25H. The minimum atomic E-state index is -4.81. The molecule has 0 aliphatic heterocycles. The fourth-order valence-electron chi connectivity index (χ4n) is 9.44. The van der Waals surface area contributed by atoms with Crippen molar-refractivity contribution >= 4 is 107 Å². The Morgan fingerprint density at radius 3 is 1.48 bits per heavy atom. The Hall–Kier alpha value is -7.43. The zero-order chi connectivity index (χ0) is 40.4. The SMILES string of the molecule is N#Cc1cc(-n2c3ccccc3c3ccc4sc5ccccc5c4c32)c(-c2c(C#N)cccc2C(F)(F)F)cc1-n1c2ccccc2c2ccc3sc4ccccc4c3c21. The average molecular weight is 815 g/mol. The highest BCUT2D eigenvalue weighted by molar-refractivity contribution is 7.26. The van der Waals surface area contributed by atoms with Crippen molar-refractivity contribution in [1.29, 1.82) is 10.5 Å². The van der Waals surface area contributed by atoms with Crippen molar-refractivity contribution in [3.63, 3.8) is 0 Å². The van der Waals surface area contributed by atoms with Crippen LogP contribution >= 0.6 is 22.7 Å². The summed E-state index contributed by atoms with van der Waals surface area (Å²) in [6.45, 7) is 0. The Kier molecular flexibility index (Phi) is 7.23. The van der Waals surface area contributed by atoms with Crippen LogP contribution in [0.4, 0.5) is 13.2 Å². The smallest absolute Gasteiger partial charge is 0.308 e. The second-order valence-electron chi connectivity index (χ2n) is 14.9. The molecule has 0 amide bonds. The number of nitriles is 2. The third-order valence-corrected chi connectivity index (χ3v) is 14.1. The van der Waals surface area contributed by atoms with Crippen molar-refractivity contribution in [3.05, 3.63) is 168 Å². The second kappa shape index (κ2) is 12.5. The maximum absolute atomic E-state index is 15.4. The maximum atomic E-state index is 15.4. The number of aromatic nitrogens is 2. The van der Waals surface area contributed by atoms with E-state index in [1.54, 1.807) is 34.8 Å². The van der Waals surface area contributed by atoms with E-state index in [2.05, 4.69) is 60.7 Å². The van der Waals surface area contributed by atoms with E-state index in [-0.39, 0.29) is 22.3 Å². The minimum Gasteiger partial charge on any atom is -0.308 e. The molecule has 0 bridgehead atoms. The predicted molar refractivity (Wildman–Crippen MR) is 241 cm³/mol. The van der Waals surface area contributed by atoms with Crippen LogP contribution < -0.4 is 0 Å². The minimum absolute atomic E-state index is 0.123. The van der Waals surface area contributed by atoms with E-state index in [0.29, 0.717) is 11.4 Å². The number of hydrogen-bond donors (Lipinski definition) is 0. The van der Waals surface area contributed by atoms with Crippen molar-refractivity contribution in [3.8, 4) is 34.6 Å². The lowest BCUT2D eigenvalue weighted by atomic mass is 9.91. The normalized spacial score (nSPS) is 12.2. The van der Waals surface area contributed by atoms with Crippen molar-refractivity contribution in [2.24, 2.45) is 0 Å². The average Bonchev–Trinajstić information content (AvgIpc) is 4.02. The van der Waals surface area contributed by atoms with Gasteiger partial charge >= 0.3 is 6.18 Å². The highest BCUT2D eigenvalue weighted by Gasteiger charge is 2.36. The molecule has 0 radical (unpaired) electrons. The Labute approximate surface area is 347 Å². The summed E-state index contributed by atoms with van der Waals surface area (Å²) in [6.07, 6.45) is -4.81. The zero-order valence-corrected chi connectivity index (χ0v) is 32.8. The molecule has 9 heteroatoms. The highest BCUT2D eigenvalue weighted by Crippen LogP contribution is 2.49. The molecular formula is C51H25F3N4S2. The molecule has 0 unspecified atom stereocenters. The summed E-state index contributed by atoms with van der Waals surface area (Å²) in [5.41, 5.74) is 3.17. The van der Waals surface area contributed by atoms with Gasteiger partial charge in [-0.1, -0.05) is 91.0 Å². The van der Waals surface area contributed by atoms with Gasteiger partial charge in [-0.3, -0.25) is 0 Å². The molecule has 12 aromatic rings. The molecule has 0 aliphatic rings. The number of benzene rings is 8. The van der Waals surface area contributed by atoms with Gasteiger partial charge in [0.2, 0.25) is 0 Å². The van der Waals surface area contributed by atoms with E-state index in [1.165, 1.54) is 12.1 Å². The molecule has 0 fully saturated rings. The molecule has 4 heterocycles. The van der Waals surface area contributed by atoms with E-state index in [9.17, 15) is 10.5 Å². The lowest BCUT2D eigenvalue weighted by molar-refractivity contribution is -0.137. The molecule has 12 rings (SSSR count). The number of halogens is 3. The van der Waals surface area contributed by atoms with Gasteiger partial charge in [0.15, 0.2) is 0 Å². The summed E-state index contributed by atoms with van der Waals surface area (Å²) in [6, 6.07) is 52.3. The maximum Gasteiger partial charge on any atom is 0.417 e. The topological polar surface area (TPSA) is 57.4 Å². The fourth-order valence-corrected chi connectivity index (χ4v) is 11.7. The third kappa shape index (κ3) is 4.70. The second-order valence-corrected chi connectivity index (χ2v) is 17.1. The van der Waals surface area contributed by atoms with Crippen LogP contribution in [-0.4, -0.2) is 9.13 Å². The van der Waals surface area contributed by atoms with Crippen LogP contribution in [0.5, 0.6) is 0 Å². The first-order valence-corrected chi connectivity index (χ1v) is 20.8. The van der Waals surface area contributed by atoms with E-state index in [1.807, 2.05) is 81.9 Å². The van der Waals surface area contributed by atoms with Gasteiger partial charge in [0, 0.05) is 73.0 Å². The summed E-state index contributed by atoms with van der Waals surface area (Å²) in [5, 5.41) is 29.7. The molecule has 0 aliphatic carbocycles. The van der Waals surface area contributed by atoms with Crippen molar-refractivity contribution < 1.29 is 13.2 Å². The monoisotopic (exact) mass is 814 g/mol. The first-order valence-electron chi connectivity index (χ1n) is 19.2. The summed E-state index contributed by atoms with van der Waals surface area (Å²) in [4.78, 5) is 0. The number of hydrogen-bond acceptors (Lipinski definition) is 4. The van der Waals surface area contributed by atoms with Crippen LogP contribution in [0.15, 0.2) is 152 Å². The number of alkyl halides is 3. The molecule has 0 saturated heterocycles. The first-order chi connectivity index (χ1) is 29.3. The summed E-state index contributed by atoms with van der Waals surface area (Å²) >= 11 is 3.33. The molecule has 0 spiro atoms. The largest absolute Gasteiger partial charge is 0.417 e. The van der Waals surface area contributed by atoms with E-state index < -0.39 is 11.7 Å². The van der Waals surface area contributed by atoms with Gasteiger partial charge in [0.05, 0.1) is 56.2 Å². The molecule has 0 saturated carbocycles. The molecule has 0 atom stereocenters. The highest BCUT2D eigenvalue weighted by atomic mass is 32.1. The van der Waals surface area contributed by atoms with E-state index in [4.69, 9.17) is 0 Å². The van der Waals surface area contributed by atoms with Crippen molar-refractivity contribution in [1.82, 2.24) is 9.13 Å². The Balaban J connectivity index is 1.32. The summed E-state index contributed by atoms with van der Waals surface area (Å²) in [7, 11) is 0. The first kappa shape index (κ1) is 34.6. The molecule has 8 aromatic carbocycles. The van der Waals surface area contributed by atoms with E-state index >= 15 is 13.2 Å². The Bertz CT molecular complexity index is 3920. The molecule has 0 N–H and O–H groups in total. The van der Waals surface area contributed by atoms with Crippen molar-refractivity contribution in [2.75, 3.05) is 0 Å². The van der Waals surface area contributed by atoms with Gasteiger partial charge < -0.3 is 9.13 Å². The van der Waals surface area contributed by atoms with Gasteiger partial charge in [0.25, 0.3) is 0 Å². The van der Waals surface area contributed by atoms with E-state index in [0.717, 1.165) is 90.0 Å². The number of nitrogens with zero attached hydrogens (tertiary/aromatic N) is 4. The number of thiophene rings is 2. The van der Waals surface area contributed by atoms with Crippen LogP contribution in [0.3, 0.4) is 0 Å². The van der Waals surface area contributed by atoms with Gasteiger partial charge in [-0.2, -0.15) is 23.7 Å². The number of para-hydroxylation sites is 2. The van der Waals surface area contributed by atoms with Crippen LogP contribution in [-0.2, 0) is 6.18 Å². The fraction of sp³-hybridized carbons (Fsp3) is 0.0196. The molecule has 60 heavy (non-hydrogen) atoms. The van der Waals surface area contributed by atoms with Gasteiger partial charge in [-0.25, -0.2) is 0 Å². The summed E-state index contributed by atoms with van der Waals surface area (Å²) in [5.74, 6) is 0. The Morgan fingerprint density at radius 2 is 0.950 bits per heavy atom. The summed E-state index contributed by atoms with van der Waals surface area (Å²) < 4.78 is 54.6. The van der Waals surface area contributed by atoms with Crippen LogP contribution in [0.2, 0.25) is 0 Å². The quantitative estimate of drug-likeness (QED) is 0.178. The van der Waals surface area contributed by atoms with Gasteiger partial charge in [0.1, 0.15) is 6.07 Å². The lowest BCUT2D eigenvalue weighted by Crippen LogP contribution is -2.11. The van der Waals surface area contributed by atoms with Crippen LogP contribution in [0.1, 0.15) is 16.7 Å². The Morgan fingerprint density at radius 1 is 0.450 bits per heavy atom. The molecule has 4 aromatic heterocycles. The molecule has 282 valence electrons. The van der Waals surface area contributed by atoms with Gasteiger partial charge in [-0.05, 0) is 60.7 Å². The van der Waals surface area contributed by atoms with Crippen LogP contribution in [0, 0.1) is 22.7 Å². The lowest BCUT2D eigenvalue weighted by Gasteiger charge is -2.22. The van der Waals surface area contributed by atoms with Crippen LogP contribution in [0.25, 0.3) is 106 Å². The predicted octanol–water partition coefficient (Wildman–Crippen LogP) is 15.0. The number of fused-ring (bicyclic) bond motifs is 14. The number of rotatable bonds is 3. The van der Waals surface area contributed by atoms with Gasteiger partial charge in [-0.15, -0.1) is 22.7 Å². The molecule has 4 nitrogen and oxygen atoms in total. The zero-order valence-electron chi connectivity index (χ0n) is 31.2. The molecular weight excluding hydrogens is 790 g/mol. The third-order valence-electron chi connectivity index (χ3n) is 11.8.